The summed E-state index contributed by atoms with van der Waals surface area (Å²) in [6.45, 7) is 12.0. The van der Waals surface area contributed by atoms with Crippen LogP contribution in [0.2, 0.25) is 0 Å². The van der Waals surface area contributed by atoms with Gasteiger partial charge in [-0.25, -0.2) is 0 Å². The summed E-state index contributed by atoms with van der Waals surface area (Å²) in [7, 11) is 6.55. The molecule has 0 bridgehead atoms. The van der Waals surface area contributed by atoms with Crippen molar-refractivity contribution in [2.75, 3.05) is 67.0 Å². The van der Waals surface area contributed by atoms with Crippen LogP contribution in [-0.4, -0.2) is 81.7 Å². The number of nitrogens with zero attached hydrogens (tertiary/aromatic N) is 3. The van der Waals surface area contributed by atoms with Crippen LogP contribution in [0.5, 0.6) is 0 Å². The molecule has 110 valence electrons. The molecule has 0 aromatic rings. The Bertz CT molecular complexity index is 185. The van der Waals surface area contributed by atoms with Crippen molar-refractivity contribution in [1.29, 1.82) is 0 Å². The molecular formula is C14H34N4. The molecule has 0 saturated heterocycles. The molecule has 0 amide bonds. The summed E-state index contributed by atoms with van der Waals surface area (Å²) in [5, 5.41) is 0. The monoisotopic (exact) mass is 258 g/mol. The quantitative estimate of drug-likeness (QED) is 0.594. The van der Waals surface area contributed by atoms with E-state index in [2.05, 4.69) is 49.7 Å². The van der Waals surface area contributed by atoms with Gasteiger partial charge in [-0.3, -0.25) is 0 Å². The lowest BCUT2D eigenvalue weighted by atomic mass is 10.1. The van der Waals surface area contributed by atoms with E-state index in [9.17, 15) is 0 Å². The third kappa shape index (κ3) is 11.0. The van der Waals surface area contributed by atoms with Gasteiger partial charge in [0.1, 0.15) is 0 Å². The number of likely N-dealkylation sites (N-methyl/N-ethyl adjacent to an activating group) is 3. The summed E-state index contributed by atoms with van der Waals surface area (Å²) >= 11 is 0. The predicted molar refractivity (Wildman–Crippen MR) is 81.0 cm³/mol. The first-order valence-electron chi connectivity index (χ1n) is 7.21. The zero-order chi connectivity index (χ0) is 14.0. The van der Waals surface area contributed by atoms with E-state index in [1.807, 2.05) is 0 Å². The molecule has 0 radical (unpaired) electrons. The highest BCUT2D eigenvalue weighted by Crippen LogP contribution is 2.00. The van der Waals surface area contributed by atoms with E-state index in [1.165, 1.54) is 13.0 Å². The van der Waals surface area contributed by atoms with E-state index in [4.69, 9.17) is 5.73 Å². The molecular weight excluding hydrogens is 224 g/mol. The van der Waals surface area contributed by atoms with E-state index in [0.29, 0.717) is 0 Å². The van der Waals surface area contributed by atoms with Crippen LogP contribution in [0.1, 0.15) is 20.3 Å². The maximum Gasteiger partial charge on any atom is 0.0107 e. The summed E-state index contributed by atoms with van der Waals surface area (Å²) in [5.41, 5.74) is 5.53. The molecule has 0 spiro atoms. The van der Waals surface area contributed by atoms with Crippen LogP contribution in [0.3, 0.4) is 0 Å². The molecule has 0 aliphatic rings. The Kier molecular flexibility index (Phi) is 10.6. The number of nitrogens with two attached hydrogens (primary N) is 1. The number of hydrogen-bond acceptors (Lipinski definition) is 4. The van der Waals surface area contributed by atoms with Crippen LogP contribution in [0, 0.1) is 5.92 Å². The van der Waals surface area contributed by atoms with Crippen LogP contribution in [0.4, 0.5) is 0 Å². The summed E-state index contributed by atoms with van der Waals surface area (Å²) < 4.78 is 0. The van der Waals surface area contributed by atoms with Crippen molar-refractivity contribution in [3.63, 3.8) is 0 Å². The predicted octanol–water partition coefficient (Wildman–Crippen LogP) is 0.787. The van der Waals surface area contributed by atoms with Gasteiger partial charge in [0, 0.05) is 39.3 Å². The third-order valence-corrected chi connectivity index (χ3v) is 3.33. The Hall–Kier alpha value is -0.160. The number of hydrogen-bond donors (Lipinski definition) is 1. The second-order valence-corrected chi connectivity index (χ2v) is 5.88. The molecule has 2 N–H and O–H groups in total. The third-order valence-electron chi connectivity index (χ3n) is 3.33. The van der Waals surface area contributed by atoms with Gasteiger partial charge in [0.2, 0.25) is 0 Å². The van der Waals surface area contributed by atoms with Crippen molar-refractivity contribution < 1.29 is 0 Å². The average molecular weight is 258 g/mol. The highest BCUT2D eigenvalue weighted by molar-refractivity contribution is 4.61. The van der Waals surface area contributed by atoms with Gasteiger partial charge in [-0.2, -0.15) is 0 Å². The standard InChI is InChI=1S/C14H34N4/c1-14(2)6-8-16(3)10-12-18(5)13-11-17(4)9-7-15/h14H,6-13,15H2,1-5H3. The van der Waals surface area contributed by atoms with Gasteiger partial charge >= 0.3 is 0 Å². The first kappa shape index (κ1) is 17.8. The van der Waals surface area contributed by atoms with Crippen LogP contribution >= 0.6 is 0 Å². The first-order valence-corrected chi connectivity index (χ1v) is 7.21. The molecule has 0 fully saturated rings. The lowest BCUT2D eigenvalue weighted by Gasteiger charge is -2.24. The van der Waals surface area contributed by atoms with Crippen molar-refractivity contribution in [3.05, 3.63) is 0 Å². The SMILES string of the molecule is CC(C)CCN(C)CCN(C)CCN(C)CCN. The van der Waals surface area contributed by atoms with Crippen LogP contribution in [0.25, 0.3) is 0 Å². The van der Waals surface area contributed by atoms with Crippen LogP contribution < -0.4 is 5.73 Å². The van der Waals surface area contributed by atoms with Crippen molar-refractivity contribution in [2.45, 2.75) is 20.3 Å². The molecule has 0 saturated carbocycles. The Morgan fingerprint density at radius 2 is 1.11 bits per heavy atom. The second-order valence-electron chi connectivity index (χ2n) is 5.88. The first-order chi connectivity index (χ1) is 8.45. The Morgan fingerprint density at radius 3 is 1.50 bits per heavy atom. The number of rotatable bonds is 11. The maximum absolute atomic E-state index is 5.53. The van der Waals surface area contributed by atoms with Gasteiger partial charge in [0.25, 0.3) is 0 Å². The molecule has 0 aromatic carbocycles. The normalized spacial score (nSPS) is 12.3. The molecule has 0 rings (SSSR count). The Morgan fingerprint density at radius 1 is 0.722 bits per heavy atom. The van der Waals surface area contributed by atoms with Gasteiger partial charge in [-0.15, -0.1) is 0 Å². The molecule has 0 unspecified atom stereocenters. The van der Waals surface area contributed by atoms with Gasteiger partial charge in [-0.05, 0) is 40.0 Å². The van der Waals surface area contributed by atoms with Gasteiger partial charge < -0.3 is 20.4 Å². The van der Waals surface area contributed by atoms with Crippen molar-refractivity contribution in [2.24, 2.45) is 11.7 Å². The molecule has 0 aliphatic carbocycles. The largest absolute Gasteiger partial charge is 0.329 e. The summed E-state index contributed by atoms with van der Waals surface area (Å²) in [4.78, 5) is 7.12. The molecule has 0 atom stereocenters. The lowest BCUT2D eigenvalue weighted by molar-refractivity contribution is 0.223. The van der Waals surface area contributed by atoms with E-state index in [1.54, 1.807) is 0 Å². The van der Waals surface area contributed by atoms with E-state index >= 15 is 0 Å². The minimum Gasteiger partial charge on any atom is -0.329 e. The van der Waals surface area contributed by atoms with Gasteiger partial charge in [0.05, 0.1) is 0 Å². The molecule has 18 heavy (non-hydrogen) atoms. The fraction of sp³-hybridized carbons (Fsp3) is 1.00. The van der Waals surface area contributed by atoms with E-state index in [-0.39, 0.29) is 0 Å². The summed E-state index contributed by atoms with van der Waals surface area (Å²) in [5.74, 6) is 0.801. The minimum atomic E-state index is 0.748. The van der Waals surface area contributed by atoms with E-state index in [0.717, 1.165) is 45.2 Å². The fourth-order valence-corrected chi connectivity index (χ4v) is 1.72. The molecule has 0 heterocycles. The molecule has 4 nitrogen and oxygen atoms in total. The van der Waals surface area contributed by atoms with Crippen LogP contribution in [0.15, 0.2) is 0 Å². The Labute approximate surface area is 114 Å². The summed E-state index contributed by atoms with van der Waals surface area (Å²) in [6, 6.07) is 0. The average Bonchev–Trinajstić information content (AvgIpc) is 2.31. The Balaban J connectivity index is 3.54. The topological polar surface area (TPSA) is 35.7 Å². The highest BCUT2D eigenvalue weighted by Gasteiger charge is 2.04. The summed E-state index contributed by atoms with van der Waals surface area (Å²) in [6.07, 6.45) is 1.29. The van der Waals surface area contributed by atoms with Crippen molar-refractivity contribution in [1.82, 2.24) is 14.7 Å². The zero-order valence-corrected chi connectivity index (χ0v) is 13.2. The van der Waals surface area contributed by atoms with Gasteiger partial charge in [-0.1, -0.05) is 13.8 Å². The van der Waals surface area contributed by atoms with Crippen LogP contribution in [-0.2, 0) is 0 Å². The zero-order valence-electron chi connectivity index (χ0n) is 13.2. The lowest BCUT2D eigenvalue weighted by Crippen LogP contribution is -2.37. The maximum atomic E-state index is 5.53. The molecule has 0 aromatic heterocycles. The molecule has 0 aliphatic heterocycles. The van der Waals surface area contributed by atoms with Gasteiger partial charge in [0.15, 0.2) is 0 Å². The second kappa shape index (κ2) is 10.7. The molecule has 4 heteroatoms. The fourth-order valence-electron chi connectivity index (χ4n) is 1.72. The van der Waals surface area contributed by atoms with Crippen molar-refractivity contribution >= 4 is 0 Å². The minimum absolute atomic E-state index is 0.748. The smallest absolute Gasteiger partial charge is 0.0107 e. The highest BCUT2D eigenvalue weighted by atomic mass is 15.2. The van der Waals surface area contributed by atoms with Crippen molar-refractivity contribution in [3.8, 4) is 0 Å². The van der Waals surface area contributed by atoms with E-state index < -0.39 is 0 Å².